The zero-order chi connectivity index (χ0) is 14.5. The SMILES string of the molecule is CC(C)CCNC(=O)C(C)N1CCCC(C)(CO)C1. The van der Waals surface area contributed by atoms with Crippen LogP contribution in [0.15, 0.2) is 0 Å². The van der Waals surface area contributed by atoms with Crippen LogP contribution < -0.4 is 5.32 Å². The monoisotopic (exact) mass is 270 g/mol. The van der Waals surface area contributed by atoms with Crippen LogP contribution in [0.3, 0.4) is 0 Å². The molecule has 1 fully saturated rings. The summed E-state index contributed by atoms with van der Waals surface area (Å²) in [5.41, 5.74) is -0.0509. The van der Waals surface area contributed by atoms with Crippen molar-refractivity contribution in [2.75, 3.05) is 26.2 Å². The van der Waals surface area contributed by atoms with Crippen molar-refractivity contribution in [1.82, 2.24) is 10.2 Å². The summed E-state index contributed by atoms with van der Waals surface area (Å²) >= 11 is 0. The average molecular weight is 270 g/mol. The van der Waals surface area contributed by atoms with E-state index in [-0.39, 0.29) is 24.0 Å². The number of carbonyl (C=O) groups excluding carboxylic acids is 1. The van der Waals surface area contributed by atoms with Gasteiger partial charge < -0.3 is 10.4 Å². The lowest BCUT2D eigenvalue weighted by molar-refractivity contribution is -0.127. The number of nitrogens with zero attached hydrogens (tertiary/aromatic N) is 1. The smallest absolute Gasteiger partial charge is 0.237 e. The Labute approximate surface area is 117 Å². The van der Waals surface area contributed by atoms with Gasteiger partial charge in [0.25, 0.3) is 0 Å². The van der Waals surface area contributed by atoms with E-state index in [1.54, 1.807) is 0 Å². The van der Waals surface area contributed by atoms with Crippen LogP contribution in [0.1, 0.15) is 47.0 Å². The number of carbonyl (C=O) groups is 1. The van der Waals surface area contributed by atoms with Crippen LogP contribution in [0.5, 0.6) is 0 Å². The van der Waals surface area contributed by atoms with Crippen molar-refractivity contribution in [3.8, 4) is 0 Å². The summed E-state index contributed by atoms with van der Waals surface area (Å²) in [6, 6.07) is -0.0988. The molecule has 0 aliphatic carbocycles. The third kappa shape index (κ3) is 5.11. The van der Waals surface area contributed by atoms with Crippen LogP contribution in [0.4, 0.5) is 0 Å². The molecule has 0 aromatic carbocycles. The molecule has 112 valence electrons. The highest BCUT2D eigenvalue weighted by atomic mass is 16.3. The zero-order valence-corrected chi connectivity index (χ0v) is 12.9. The predicted octanol–water partition coefficient (Wildman–Crippen LogP) is 1.63. The zero-order valence-electron chi connectivity index (χ0n) is 12.9. The molecule has 2 atom stereocenters. The van der Waals surface area contributed by atoms with Crippen molar-refractivity contribution in [2.45, 2.75) is 53.0 Å². The van der Waals surface area contributed by atoms with E-state index in [0.717, 1.165) is 38.9 Å². The Morgan fingerprint density at radius 1 is 1.42 bits per heavy atom. The Morgan fingerprint density at radius 2 is 2.11 bits per heavy atom. The van der Waals surface area contributed by atoms with Crippen molar-refractivity contribution in [1.29, 1.82) is 0 Å². The van der Waals surface area contributed by atoms with E-state index >= 15 is 0 Å². The van der Waals surface area contributed by atoms with Crippen LogP contribution in [0.2, 0.25) is 0 Å². The summed E-state index contributed by atoms with van der Waals surface area (Å²) < 4.78 is 0. The minimum absolute atomic E-state index is 0.0509. The number of hydrogen-bond acceptors (Lipinski definition) is 3. The lowest BCUT2D eigenvalue weighted by Crippen LogP contribution is -2.52. The van der Waals surface area contributed by atoms with Crippen LogP contribution in [0, 0.1) is 11.3 Å². The highest BCUT2D eigenvalue weighted by Gasteiger charge is 2.34. The standard InChI is InChI=1S/C15H30N2O2/c1-12(2)6-8-16-14(19)13(3)17-9-5-7-15(4,10-17)11-18/h12-13,18H,5-11H2,1-4H3,(H,16,19). The first-order valence-electron chi connectivity index (χ1n) is 7.50. The molecule has 1 amide bonds. The van der Waals surface area contributed by atoms with Gasteiger partial charge in [-0.2, -0.15) is 0 Å². The van der Waals surface area contributed by atoms with Gasteiger partial charge in [-0.15, -0.1) is 0 Å². The number of aliphatic hydroxyl groups is 1. The maximum Gasteiger partial charge on any atom is 0.237 e. The highest BCUT2D eigenvalue weighted by Crippen LogP contribution is 2.29. The molecule has 1 rings (SSSR count). The number of rotatable bonds is 6. The van der Waals surface area contributed by atoms with Crippen molar-refractivity contribution >= 4 is 5.91 Å². The first-order chi connectivity index (χ1) is 8.88. The minimum atomic E-state index is -0.0988. The Hall–Kier alpha value is -0.610. The molecule has 0 spiro atoms. The molecule has 19 heavy (non-hydrogen) atoms. The second-order valence-electron chi connectivity index (χ2n) is 6.69. The van der Waals surface area contributed by atoms with Crippen molar-refractivity contribution in [3.63, 3.8) is 0 Å². The second kappa shape index (κ2) is 7.25. The van der Waals surface area contributed by atoms with Gasteiger partial charge in [0.2, 0.25) is 5.91 Å². The predicted molar refractivity (Wildman–Crippen MR) is 77.9 cm³/mol. The van der Waals surface area contributed by atoms with E-state index in [1.165, 1.54) is 0 Å². The Morgan fingerprint density at radius 3 is 2.68 bits per heavy atom. The van der Waals surface area contributed by atoms with Gasteiger partial charge in [-0.1, -0.05) is 20.8 Å². The van der Waals surface area contributed by atoms with Crippen molar-refractivity contribution in [2.24, 2.45) is 11.3 Å². The third-order valence-corrected chi connectivity index (χ3v) is 4.14. The van der Waals surface area contributed by atoms with Gasteiger partial charge in [0.05, 0.1) is 6.04 Å². The molecule has 1 aliphatic heterocycles. The van der Waals surface area contributed by atoms with Crippen LogP contribution in [0.25, 0.3) is 0 Å². The molecule has 0 bridgehead atoms. The lowest BCUT2D eigenvalue weighted by atomic mass is 9.82. The summed E-state index contributed by atoms with van der Waals surface area (Å²) in [5, 5.41) is 12.5. The van der Waals surface area contributed by atoms with Gasteiger partial charge >= 0.3 is 0 Å². The maximum atomic E-state index is 12.1. The summed E-state index contributed by atoms with van der Waals surface area (Å²) in [7, 11) is 0. The molecule has 0 radical (unpaired) electrons. The Bertz CT molecular complexity index is 294. The van der Waals surface area contributed by atoms with E-state index < -0.39 is 0 Å². The molecule has 1 aliphatic rings. The molecule has 0 saturated carbocycles. The van der Waals surface area contributed by atoms with E-state index in [1.807, 2.05) is 6.92 Å². The molecule has 2 N–H and O–H groups in total. The molecular weight excluding hydrogens is 240 g/mol. The first-order valence-corrected chi connectivity index (χ1v) is 7.50. The van der Waals surface area contributed by atoms with E-state index in [4.69, 9.17) is 0 Å². The summed E-state index contributed by atoms with van der Waals surface area (Å²) in [5.74, 6) is 0.728. The Balaban J connectivity index is 2.43. The fourth-order valence-corrected chi connectivity index (χ4v) is 2.61. The molecule has 0 aromatic heterocycles. The van der Waals surface area contributed by atoms with E-state index in [2.05, 4.69) is 31.0 Å². The number of aliphatic hydroxyl groups excluding tert-OH is 1. The van der Waals surface area contributed by atoms with E-state index in [0.29, 0.717) is 5.92 Å². The summed E-state index contributed by atoms with van der Waals surface area (Å²) in [6.07, 6.45) is 3.12. The molecule has 1 saturated heterocycles. The number of amides is 1. The second-order valence-corrected chi connectivity index (χ2v) is 6.69. The first kappa shape index (κ1) is 16.4. The number of piperidine rings is 1. The topological polar surface area (TPSA) is 52.6 Å². The minimum Gasteiger partial charge on any atom is -0.396 e. The largest absolute Gasteiger partial charge is 0.396 e. The number of hydrogen-bond donors (Lipinski definition) is 2. The molecule has 4 nitrogen and oxygen atoms in total. The van der Waals surface area contributed by atoms with E-state index in [9.17, 15) is 9.90 Å². The van der Waals surface area contributed by atoms with Crippen LogP contribution in [-0.4, -0.2) is 48.2 Å². The molecule has 1 heterocycles. The third-order valence-electron chi connectivity index (χ3n) is 4.14. The van der Waals surface area contributed by atoms with Crippen molar-refractivity contribution < 1.29 is 9.90 Å². The normalized spacial score (nSPS) is 26.4. The fourth-order valence-electron chi connectivity index (χ4n) is 2.61. The highest BCUT2D eigenvalue weighted by molar-refractivity contribution is 5.81. The molecular formula is C15H30N2O2. The average Bonchev–Trinajstić information content (AvgIpc) is 2.37. The number of nitrogens with one attached hydrogen (secondary N) is 1. The summed E-state index contributed by atoms with van der Waals surface area (Å²) in [6.45, 7) is 11.1. The van der Waals surface area contributed by atoms with Gasteiger partial charge in [0.1, 0.15) is 0 Å². The van der Waals surface area contributed by atoms with Crippen LogP contribution in [-0.2, 0) is 4.79 Å². The van der Waals surface area contributed by atoms with Crippen molar-refractivity contribution in [3.05, 3.63) is 0 Å². The molecule has 0 aromatic rings. The lowest BCUT2D eigenvalue weighted by Gasteiger charge is -2.41. The fraction of sp³-hybridized carbons (Fsp3) is 0.933. The van der Waals surface area contributed by atoms with Gasteiger partial charge in [-0.3, -0.25) is 9.69 Å². The molecule has 2 unspecified atom stereocenters. The van der Waals surface area contributed by atoms with Gasteiger partial charge in [-0.25, -0.2) is 0 Å². The van der Waals surface area contributed by atoms with Gasteiger partial charge in [0.15, 0.2) is 0 Å². The quantitative estimate of drug-likeness (QED) is 0.771. The Kier molecular flexibility index (Phi) is 6.27. The molecule has 4 heteroatoms. The maximum absolute atomic E-state index is 12.1. The number of likely N-dealkylation sites (tertiary alicyclic amines) is 1. The van der Waals surface area contributed by atoms with Gasteiger partial charge in [-0.05, 0) is 38.6 Å². The van der Waals surface area contributed by atoms with Crippen LogP contribution >= 0.6 is 0 Å². The summed E-state index contributed by atoms with van der Waals surface area (Å²) in [4.78, 5) is 14.3. The van der Waals surface area contributed by atoms with Gasteiger partial charge in [0, 0.05) is 25.1 Å².